The zero-order valence-corrected chi connectivity index (χ0v) is 22.3. The summed E-state index contributed by atoms with van der Waals surface area (Å²) < 4.78 is 123. The zero-order chi connectivity index (χ0) is 32.0. The van der Waals surface area contributed by atoms with Gasteiger partial charge in [0.2, 0.25) is 5.91 Å². The van der Waals surface area contributed by atoms with Crippen molar-refractivity contribution in [2.75, 3.05) is 9.62 Å². The number of nitrogens with zero attached hydrogens (tertiary/aromatic N) is 2. The normalized spacial score (nSPS) is 16.0. The molecule has 1 atom stereocenters. The molecule has 1 aromatic heterocycles. The average Bonchev–Trinajstić information content (AvgIpc) is 2.91. The Balaban J connectivity index is 1.79. The highest BCUT2D eigenvalue weighted by Crippen LogP contribution is 2.51. The van der Waals surface area contributed by atoms with Gasteiger partial charge in [0.1, 0.15) is 5.82 Å². The number of pyridine rings is 1. The zero-order valence-electron chi connectivity index (χ0n) is 21.4. The van der Waals surface area contributed by atoms with Crippen molar-refractivity contribution in [2.45, 2.75) is 48.2 Å². The predicted molar refractivity (Wildman–Crippen MR) is 135 cm³/mol. The highest BCUT2D eigenvalue weighted by atomic mass is 32.2. The molecule has 0 radical (unpaired) electrons. The monoisotopic (exact) mass is 635 g/mol. The fourth-order valence-electron chi connectivity index (χ4n) is 4.67. The topological polar surface area (TPSA) is 137 Å². The summed E-state index contributed by atoms with van der Waals surface area (Å²) in [5.74, 6) is -3.16. The van der Waals surface area contributed by atoms with Crippen molar-refractivity contribution in [1.29, 1.82) is 0 Å². The second-order valence-corrected chi connectivity index (χ2v) is 11.3. The lowest BCUT2D eigenvalue weighted by atomic mass is 9.87. The van der Waals surface area contributed by atoms with Gasteiger partial charge in [-0.1, -0.05) is 12.1 Å². The molecule has 0 saturated carbocycles. The van der Waals surface area contributed by atoms with Crippen LogP contribution >= 0.6 is 0 Å². The van der Waals surface area contributed by atoms with E-state index < -0.39 is 74.3 Å². The third-order valence-corrected chi connectivity index (χ3v) is 8.59. The number of halogens is 7. The van der Waals surface area contributed by atoms with Crippen LogP contribution in [0.25, 0.3) is 0 Å². The molecule has 17 heteroatoms. The number of hydrogen-bond donors (Lipinski definition) is 3. The van der Waals surface area contributed by atoms with Crippen LogP contribution in [0.4, 0.5) is 42.1 Å². The third kappa shape index (κ3) is 5.86. The summed E-state index contributed by atoms with van der Waals surface area (Å²) in [6.45, 7) is 0. The molecular weight excluding hydrogens is 615 g/mol. The Hall–Kier alpha value is -4.25. The molecular formula is C26H20F7N3O6S. The van der Waals surface area contributed by atoms with Crippen molar-refractivity contribution in [3.63, 3.8) is 0 Å². The largest absolute Gasteiger partial charge is 0.476 e. The first-order valence-electron chi connectivity index (χ1n) is 12.2. The molecule has 1 aliphatic heterocycles. The van der Waals surface area contributed by atoms with Crippen LogP contribution in [0.15, 0.2) is 65.7 Å². The third-order valence-electron chi connectivity index (χ3n) is 6.71. The number of aromatic nitrogens is 1. The smallest absolute Gasteiger partial charge is 0.430 e. The van der Waals surface area contributed by atoms with Crippen molar-refractivity contribution in [1.82, 2.24) is 4.98 Å². The van der Waals surface area contributed by atoms with Crippen LogP contribution in [0, 0.1) is 5.82 Å². The molecule has 1 amide bonds. The maximum absolute atomic E-state index is 13.7. The molecule has 0 bridgehead atoms. The number of sulfonamides is 1. The Morgan fingerprint density at radius 2 is 1.63 bits per heavy atom. The summed E-state index contributed by atoms with van der Waals surface area (Å²) >= 11 is 0. The van der Waals surface area contributed by atoms with E-state index in [1.807, 2.05) is 0 Å². The van der Waals surface area contributed by atoms with Gasteiger partial charge < -0.3 is 15.5 Å². The molecule has 3 N–H and O–H groups in total. The number of carbonyl (C=O) groups is 2. The molecule has 4 rings (SSSR count). The van der Waals surface area contributed by atoms with E-state index in [4.69, 9.17) is 0 Å². The van der Waals surface area contributed by atoms with E-state index in [0.717, 1.165) is 30.5 Å². The van der Waals surface area contributed by atoms with Gasteiger partial charge in [0.15, 0.2) is 5.69 Å². The Kier molecular flexibility index (Phi) is 8.18. The molecule has 3 aromatic rings. The van der Waals surface area contributed by atoms with E-state index in [-0.39, 0.29) is 35.8 Å². The Bertz CT molecular complexity index is 1650. The van der Waals surface area contributed by atoms with Gasteiger partial charge in [-0.15, -0.1) is 0 Å². The molecule has 43 heavy (non-hydrogen) atoms. The summed E-state index contributed by atoms with van der Waals surface area (Å²) in [6.07, 6.45) is -12.5. The first-order valence-corrected chi connectivity index (χ1v) is 13.6. The van der Waals surface area contributed by atoms with Crippen LogP contribution in [0.3, 0.4) is 0 Å². The van der Waals surface area contributed by atoms with E-state index in [2.05, 4.69) is 10.3 Å². The minimum Gasteiger partial charge on any atom is -0.476 e. The number of carbonyl (C=O) groups excluding carboxylic acids is 1. The fraction of sp³-hybridized carbons (Fsp3) is 0.269. The van der Waals surface area contributed by atoms with Crippen molar-refractivity contribution in [3.05, 3.63) is 83.4 Å². The Morgan fingerprint density at radius 3 is 2.21 bits per heavy atom. The number of anilines is 2. The van der Waals surface area contributed by atoms with E-state index >= 15 is 0 Å². The molecule has 9 nitrogen and oxygen atoms in total. The first kappa shape index (κ1) is 31.7. The van der Waals surface area contributed by atoms with E-state index in [9.17, 15) is 59.0 Å². The molecule has 1 aliphatic rings. The molecule has 2 aromatic carbocycles. The summed E-state index contributed by atoms with van der Waals surface area (Å²) in [5.41, 5.74) is -8.29. The van der Waals surface area contributed by atoms with Gasteiger partial charge >= 0.3 is 18.3 Å². The lowest BCUT2D eigenvalue weighted by Gasteiger charge is -2.39. The summed E-state index contributed by atoms with van der Waals surface area (Å²) in [4.78, 5) is 27.5. The highest BCUT2D eigenvalue weighted by Gasteiger charge is 2.71. The van der Waals surface area contributed by atoms with Gasteiger partial charge in [0.25, 0.3) is 15.6 Å². The number of aromatic carboxylic acids is 1. The van der Waals surface area contributed by atoms with Gasteiger partial charge in [0, 0.05) is 18.2 Å². The van der Waals surface area contributed by atoms with Crippen molar-refractivity contribution in [2.24, 2.45) is 0 Å². The standard InChI is InChI=1S/C26H20F7N3O6S/c27-16-5-8-18(9-6-16)43(41,42)36-17(13-21(37)35-19-2-1-11-34-22(19)23(38)39)7-3-14-12-15(4-10-20(14)36)24(40,25(28,29)30)26(31,32)33/h1-2,4-6,8-12,17,40H,3,7,13H2,(H,35,37)(H,38,39)/t17-/m0/s1. The highest BCUT2D eigenvalue weighted by molar-refractivity contribution is 7.92. The van der Waals surface area contributed by atoms with Crippen LogP contribution in [-0.2, 0) is 26.8 Å². The molecule has 0 unspecified atom stereocenters. The second kappa shape index (κ2) is 11.1. The van der Waals surface area contributed by atoms with E-state index in [0.29, 0.717) is 16.4 Å². The van der Waals surface area contributed by atoms with E-state index in [1.54, 1.807) is 0 Å². The number of aliphatic hydroxyl groups is 1. The summed E-state index contributed by atoms with van der Waals surface area (Å²) in [7, 11) is -4.71. The molecule has 0 fully saturated rings. The quantitative estimate of drug-likeness (QED) is 0.318. The SMILES string of the molecule is O=C(C[C@@H]1CCc2cc(C(O)(C(F)(F)F)C(F)(F)F)ccc2N1S(=O)(=O)c1ccc(F)cc1)Nc1cccnc1C(=O)O. The number of rotatable bonds is 7. The fourth-order valence-corrected chi connectivity index (χ4v) is 6.39. The molecule has 2 heterocycles. The van der Waals surface area contributed by atoms with Crippen LogP contribution in [-0.4, -0.2) is 53.9 Å². The van der Waals surface area contributed by atoms with Crippen molar-refractivity contribution in [3.8, 4) is 0 Å². The maximum atomic E-state index is 13.7. The van der Waals surface area contributed by atoms with Gasteiger partial charge in [-0.2, -0.15) is 26.3 Å². The Morgan fingerprint density at radius 1 is 1.00 bits per heavy atom. The number of fused-ring (bicyclic) bond motifs is 1. The molecule has 0 saturated heterocycles. The predicted octanol–water partition coefficient (Wildman–Crippen LogP) is 4.77. The first-order chi connectivity index (χ1) is 19.9. The molecule has 0 spiro atoms. The molecule has 230 valence electrons. The maximum Gasteiger partial charge on any atom is 0.430 e. The lowest BCUT2D eigenvalue weighted by molar-refractivity contribution is -0.376. The number of amides is 1. The molecule has 0 aliphatic carbocycles. The van der Waals surface area contributed by atoms with Crippen LogP contribution < -0.4 is 9.62 Å². The van der Waals surface area contributed by atoms with Crippen LogP contribution in [0.5, 0.6) is 0 Å². The van der Waals surface area contributed by atoms with Gasteiger partial charge in [-0.05, 0) is 60.9 Å². The van der Waals surface area contributed by atoms with Gasteiger partial charge in [-0.25, -0.2) is 22.6 Å². The average molecular weight is 636 g/mol. The minimum atomic E-state index is -6.18. The second-order valence-electron chi connectivity index (χ2n) is 9.45. The number of alkyl halides is 6. The number of nitrogens with one attached hydrogen (secondary N) is 1. The van der Waals surface area contributed by atoms with Gasteiger partial charge in [0.05, 0.1) is 22.3 Å². The number of benzene rings is 2. The Labute approximate surface area is 238 Å². The number of hydrogen-bond acceptors (Lipinski definition) is 6. The number of aryl methyl sites for hydroxylation is 1. The van der Waals surface area contributed by atoms with Gasteiger partial charge in [-0.3, -0.25) is 9.10 Å². The van der Waals surface area contributed by atoms with Crippen LogP contribution in [0.1, 0.15) is 34.5 Å². The summed E-state index contributed by atoms with van der Waals surface area (Å²) in [6, 6.07) is 5.99. The van der Waals surface area contributed by atoms with E-state index in [1.165, 1.54) is 12.1 Å². The van der Waals surface area contributed by atoms with Crippen molar-refractivity contribution < 1.29 is 59.0 Å². The summed E-state index contributed by atoms with van der Waals surface area (Å²) in [5, 5.41) is 21.4. The number of carboxylic acids is 1. The number of carboxylic acid groups (broad SMARTS) is 1. The minimum absolute atomic E-state index is 0.215. The van der Waals surface area contributed by atoms with Crippen LogP contribution in [0.2, 0.25) is 0 Å². The lowest BCUT2D eigenvalue weighted by Crippen LogP contribution is -2.54. The van der Waals surface area contributed by atoms with Crippen molar-refractivity contribution >= 4 is 33.3 Å².